The molecule has 2 saturated heterocycles. The average Bonchev–Trinajstić information content (AvgIpc) is 3.26. The Morgan fingerprint density at radius 2 is 1.88 bits per heavy atom. The van der Waals surface area contributed by atoms with E-state index in [2.05, 4.69) is 42.4 Å². The summed E-state index contributed by atoms with van der Waals surface area (Å²) < 4.78 is 2.13. The normalized spacial score (nSPS) is 26.3. The number of imidazole rings is 1. The zero-order valence-electron chi connectivity index (χ0n) is 15.6. The van der Waals surface area contributed by atoms with Crippen LogP contribution in [0.4, 0.5) is 5.82 Å². The average molecular weight is 352 g/mol. The van der Waals surface area contributed by atoms with E-state index < -0.39 is 0 Å². The molecule has 2 unspecified atom stereocenters. The number of hydrogen-bond donors (Lipinski definition) is 0. The largest absolute Gasteiger partial charge is 0.356 e. The molecule has 0 bridgehead atoms. The lowest BCUT2D eigenvalue weighted by Gasteiger charge is -2.26. The molecule has 26 heavy (non-hydrogen) atoms. The molecule has 1 saturated carbocycles. The van der Waals surface area contributed by atoms with Crippen LogP contribution >= 0.6 is 0 Å². The van der Waals surface area contributed by atoms with Crippen molar-refractivity contribution in [1.82, 2.24) is 24.4 Å². The summed E-state index contributed by atoms with van der Waals surface area (Å²) in [7, 11) is 2.08. The van der Waals surface area contributed by atoms with Gasteiger partial charge in [-0.25, -0.2) is 15.0 Å². The minimum absolute atomic E-state index is 0.682. The van der Waals surface area contributed by atoms with Crippen LogP contribution in [0.15, 0.2) is 24.9 Å². The van der Waals surface area contributed by atoms with Gasteiger partial charge in [0.1, 0.15) is 12.1 Å². The van der Waals surface area contributed by atoms with Gasteiger partial charge in [0.25, 0.3) is 0 Å². The van der Waals surface area contributed by atoms with Crippen molar-refractivity contribution in [2.24, 2.45) is 18.9 Å². The minimum atomic E-state index is 0.682. The van der Waals surface area contributed by atoms with E-state index in [1.54, 1.807) is 6.33 Å². The van der Waals surface area contributed by atoms with E-state index >= 15 is 0 Å². The molecule has 4 heterocycles. The molecule has 2 aromatic heterocycles. The van der Waals surface area contributed by atoms with Gasteiger partial charge in [0.05, 0.1) is 6.33 Å². The molecule has 6 nitrogen and oxygen atoms in total. The molecule has 0 amide bonds. The van der Waals surface area contributed by atoms with Crippen LogP contribution in [-0.4, -0.2) is 57.1 Å². The third kappa shape index (κ3) is 3.00. The number of hydrogen-bond acceptors (Lipinski definition) is 5. The molecular formula is C20H28N6. The summed E-state index contributed by atoms with van der Waals surface area (Å²) in [5.41, 5.74) is 2.59. The van der Waals surface area contributed by atoms with Gasteiger partial charge in [-0.1, -0.05) is 6.42 Å². The quantitative estimate of drug-likeness (QED) is 0.825. The molecule has 1 aliphatic carbocycles. The Labute approximate surface area is 155 Å². The van der Waals surface area contributed by atoms with Crippen LogP contribution < -0.4 is 4.90 Å². The van der Waals surface area contributed by atoms with E-state index in [4.69, 9.17) is 0 Å². The van der Waals surface area contributed by atoms with E-state index in [9.17, 15) is 0 Å². The Morgan fingerprint density at radius 1 is 1.08 bits per heavy atom. The van der Waals surface area contributed by atoms with Crippen molar-refractivity contribution < 1.29 is 0 Å². The summed E-state index contributed by atoms with van der Waals surface area (Å²) in [6, 6.07) is 2.26. The fourth-order valence-electron chi connectivity index (χ4n) is 4.82. The van der Waals surface area contributed by atoms with E-state index in [0.717, 1.165) is 43.7 Å². The van der Waals surface area contributed by atoms with Crippen LogP contribution in [0.1, 0.15) is 36.6 Å². The first kappa shape index (κ1) is 16.2. The highest BCUT2D eigenvalue weighted by Gasteiger charge is 2.40. The van der Waals surface area contributed by atoms with Crippen LogP contribution in [0, 0.1) is 11.8 Å². The van der Waals surface area contributed by atoms with Gasteiger partial charge in [-0.15, -0.1) is 0 Å². The maximum absolute atomic E-state index is 4.58. The second-order valence-corrected chi connectivity index (χ2v) is 8.36. The molecule has 0 aromatic carbocycles. The summed E-state index contributed by atoms with van der Waals surface area (Å²) in [5.74, 6) is 3.39. The van der Waals surface area contributed by atoms with Gasteiger partial charge in [0, 0.05) is 75.8 Å². The van der Waals surface area contributed by atoms with Crippen LogP contribution in [-0.2, 0) is 13.5 Å². The second kappa shape index (κ2) is 6.65. The monoisotopic (exact) mass is 352 g/mol. The smallest absolute Gasteiger partial charge is 0.132 e. The van der Waals surface area contributed by atoms with E-state index in [1.807, 2.05) is 12.5 Å². The molecule has 0 spiro atoms. The van der Waals surface area contributed by atoms with Crippen molar-refractivity contribution >= 4 is 5.82 Å². The molecular weight excluding hydrogens is 324 g/mol. The first-order chi connectivity index (χ1) is 12.8. The molecule has 138 valence electrons. The van der Waals surface area contributed by atoms with Gasteiger partial charge in [0.15, 0.2) is 0 Å². The second-order valence-electron chi connectivity index (χ2n) is 8.36. The number of nitrogens with zero attached hydrogens (tertiary/aromatic N) is 6. The molecule has 2 atom stereocenters. The maximum Gasteiger partial charge on any atom is 0.132 e. The van der Waals surface area contributed by atoms with Crippen molar-refractivity contribution in [1.29, 1.82) is 0 Å². The highest BCUT2D eigenvalue weighted by atomic mass is 15.3. The Hall–Kier alpha value is -1.95. The number of fused-ring (bicyclic) bond motifs is 1. The molecule has 2 aliphatic heterocycles. The number of aromatic nitrogens is 4. The van der Waals surface area contributed by atoms with E-state index in [1.165, 1.54) is 43.7 Å². The first-order valence-electron chi connectivity index (χ1n) is 10.0. The fraction of sp³-hybridized carbons (Fsp3) is 0.650. The Morgan fingerprint density at radius 3 is 2.54 bits per heavy atom. The van der Waals surface area contributed by atoms with Crippen LogP contribution in [0.5, 0.6) is 0 Å². The maximum atomic E-state index is 4.58. The van der Waals surface area contributed by atoms with Crippen LogP contribution in [0.3, 0.4) is 0 Å². The molecule has 5 rings (SSSR count). The van der Waals surface area contributed by atoms with Crippen LogP contribution in [0.25, 0.3) is 0 Å². The fourth-order valence-corrected chi connectivity index (χ4v) is 4.82. The highest BCUT2D eigenvalue weighted by Crippen LogP contribution is 2.37. The lowest BCUT2D eigenvalue weighted by Crippen LogP contribution is -2.30. The summed E-state index contributed by atoms with van der Waals surface area (Å²) >= 11 is 0. The van der Waals surface area contributed by atoms with Gasteiger partial charge in [0.2, 0.25) is 0 Å². The number of rotatable bonds is 5. The van der Waals surface area contributed by atoms with Crippen molar-refractivity contribution in [3.63, 3.8) is 0 Å². The number of aryl methyl sites for hydroxylation is 1. The van der Waals surface area contributed by atoms with Gasteiger partial charge in [-0.3, -0.25) is 0 Å². The van der Waals surface area contributed by atoms with Gasteiger partial charge >= 0.3 is 0 Å². The molecule has 0 N–H and O–H groups in total. The lowest BCUT2D eigenvalue weighted by molar-refractivity contribution is 0.318. The molecule has 2 aromatic rings. The zero-order valence-corrected chi connectivity index (χ0v) is 15.6. The van der Waals surface area contributed by atoms with Gasteiger partial charge < -0.3 is 14.4 Å². The number of likely N-dealkylation sites (tertiary alicyclic amines) is 1. The molecule has 6 heteroatoms. The third-order valence-corrected chi connectivity index (χ3v) is 6.68. The highest BCUT2D eigenvalue weighted by molar-refractivity contribution is 5.42. The van der Waals surface area contributed by atoms with Crippen molar-refractivity contribution in [2.75, 3.05) is 37.6 Å². The van der Waals surface area contributed by atoms with Gasteiger partial charge in [-0.05, 0) is 24.7 Å². The molecule has 3 aliphatic rings. The van der Waals surface area contributed by atoms with Crippen molar-refractivity contribution in [3.8, 4) is 0 Å². The first-order valence-corrected chi connectivity index (χ1v) is 10.0. The predicted octanol–water partition coefficient (Wildman–Crippen LogP) is 2.09. The SMILES string of the molecule is Cn1cncc1CCN1CC2CN(c3cc(C4CCC4)ncn3)CC2C1. The Kier molecular flexibility index (Phi) is 4.15. The minimum Gasteiger partial charge on any atom is -0.356 e. The van der Waals surface area contributed by atoms with E-state index in [0.29, 0.717) is 5.92 Å². The topological polar surface area (TPSA) is 50.1 Å². The summed E-state index contributed by atoms with van der Waals surface area (Å²) in [6.07, 6.45) is 10.7. The van der Waals surface area contributed by atoms with Crippen molar-refractivity contribution in [2.45, 2.75) is 31.6 Å². The standard InChI is InChI=1S/C20H28N6/c1-24-14-21-8-18(24)5-6-25-9-16-11-26(12-17(16)10-25)20-7-19(22-13-23-20)15-3-2-4-15/h7-8,13-17H,2-6,9-12H2,1H3. The van der Waals surface area contributed by atoms with E-state index in [-0.39, 0.29) is 0 Å². The molecule has 3 fully saturated rings. The summed E-state index contributed by atoms with van der Waals surface area (Å²) in [5, 5.41) is 0. The van der Waals surface area contributed by atoms with Gasteiger partial charge in [-0.2, -0.15) is 0 Å². The summed E-state index contributed by atoms with van der Waals surface area (Å²) in [4.78, 5) is 18.5. The third-order valence-electron chi connectivity index (χ3n) is 6.68. The van der Waals surface area contributed by atoms with Crippen LogP contribution in [0.2, 0.25) is 0 Å². The lowest BCUT2D eigenvalue weighted by atomic mass is 9.83. The summed E-state index contributed by atoms with van der Waals surface area (Å²) in [6.45, 7) is 5.88. The Balaban J connectivity index is 1.17. The predicted molar refractivity (Wildman–Crippen MR) is 101 cm³/mol. The zero-order chi connectivity index (χ0) is 17.5. The Bertz CT molecular complexity index is 753. The molecule has 0 radical (unpaired) electrons. The number of anilines is 1. The van der Waals surface area contributed by atoms with Crippen molar-refractivity contribution in [3.05, 3.63) is 36.3 Å².